The zero-order valence-electron chi connectivity index (χ0n) is 20.9. The summed E-state index contributed by atoms with van der Waals surface area (Å²) in [7, 11) is 0. The zero-order chi connectivity index (χ0) is 26.2. The third-order valence-electron chi connectivity index (χ3n) is 6.98. The van der Waals surface area contributed by atoms with E-state index in [9.17, 15) is 0 Å². The Hall–Kier alpha value is -4.86. The van der Waals surface area contributed by atoms with Crippen LogP contribution in [-0.4, -0.2) is 9.97 Å². The van der Waals surface area contributed by atoms with Gasteiger partial charge >= 0.3 is 0 Å². The molecule has 0 saturated carbocycles. The van der Waals surface area contributed by atoms with Gasteiger partial charge in [0.15, 0.2) is 0 Å². The van der Waals surface area contributed by atoms with Crippen molar-refractivity contribution in [3.05, 3.63) is 138 Å². The van der Waals surface area contributed by atoms with Crippen LogP contribution in [0.25, 0.3) is 55.4 Å². The summed E-state index contributed by atoms with van der Waals surface area (Å²) < 4.78 is 6.03. The molecule has 186 valence electrons. The highest BCUT2D eigenvalue weighted by Gasteiger charge is 2.20. The number of rotatable bonds is 5. The van der Waals surface area contributed by atoms with Gasteiger partial charge in [0.2, 0.25) is 0 Å². The predicted molar refractivity (Wildman–Crippen MR) is 161 cm³/mol. The number of para-hydroxylation sites is 1. The van der Waals surface area contributed by atoms with Gasteiger partial charge in [-0.1, -0.05) is 109 Å². The SMILES string of the molecule is Clc1c2ccccc2c(-c2nc(-c3ccccc3)c(-c3ccc(Oc4ccccc4)cc3)[nH]2)c2ccccc12. The van der Waals surface area contributed by atoms with Crippen molar-refractivity contribution in [3.63, 3.8) is 0 Å². The van der Waals surface area contributed by atoms with Crippen LogP contribution in [0, 0.1) is 0 Å². The number of hydrogen-bond donors (Lipinski definition) is 1. The molecule has 0 saturated heterocycles. The number of nitrogens with one attached hydrogen (secondary N) is 1. The number of fused-ring (bicyclic) bond motifs is 2. The number of aromatic nitrogens is 2. The lowest BCUT2D eigenvalue weighted by Gasteiger charge is -2.12. The highest BCUT2D eigenvalue weighted by atomic mass is 35.5. The Labute approximate surface area is 231 Å². The van der Waals surface area contributed by atoms with Gasteiger partial charge in [-0.2, -0.15) is 0 Å². The Morgan fingerprint density at radius 3 is 1.64 bits per heavy atom. The Balaban J connectivity index is 1.42. The van der Waals surface area contributed by atoms with E-state index in [-0.39, 0.29) is 0 Å². The molecule has 0 aliphatic heterocycles. The van der Waals surface area contributed by atoms with E-state index in [0.29, 0.717) is 0 Å². The van der Waals surface area contributed by atoms with E-state index >= 15 is 0 Å². The van der Waals surface area contributed by atoms with Gasteiger partial charge < -0.3 is 9.72 Å². The van der Waals surface area contributed by atoms with Crippen LogP contribution in [0.15, 0.2) is 133 Å². The summed E-state index contributed by atoms with van der Waals surface area (Å²) in [6.07, 6.45) is 0. The fourth-order valence-corrected chi connectivity index (χ4v) is 5.48. The van der Waals surface area contributed by atoms with Crippen molar-refractivity contribution in [2.45, 2.75) is 0 Å². The van der Waals surface area contributed by atoms with Gasteiger partial charge in [-0.15, -0.1) is 0 Å². The molecule has 39 heavy (non-hydrogen) atoms. The third kappa shape index (κ3) is 4.23. The minimum absolute atomic E-state index is 0.758. The van der Waals surface area contributed by atoms with Gasteiger partial charge in [0, 0.05) is 27.5 Å². The molecule has 1 N–H and O–H groups in total. The van der Waals surface area contributed by atoms with Crippen molar-refractivity contribution in [1.82, 2.24) is 9.97 Å². The van der Waals surface area contributed by atoms with Gasteiger partial charge in [0.25, 0.3) is 0 Å². The molecule has 7 aromatic rings. The zero-order valence-corrected chi connectivity index (χ0v) is 21.7. The molecule has 1 heterocycles. The molecule has 0 bridgehead atoms. The number of halogens is 1. The molecule has 0 aliphatic rings. The molecule has 0 amide bonds. The summed E-state index contributed by atoms with van der Waals surface area (Å²) in [5.74, 6) is 2.39. The maximum atomic E-state index is 6.89. The maximum Gasteiger partial charge on any atom is 0.139 e. The fourth-order valence-electron chi connectivity index (χ4n) is 5.15. The average Bonchev–Trinajstić information content (AvgIpc) is 3.44. The lowest BCUT2D eigenvalue weighted by molar-refractivity contribution is 0.483. The maximum absolute atomic E-state index is 6.89. The number of hydrogen-bond acceptors (Lipinski definition) is 2. The Morgan fingerprint density at radius 2 is 1.03 bits per heavy atom. The molecule has 0 radical (unpaired) electrons. The Morgan fingerprint density at radius 1 is 0.513 bits per heavy atom. The first-order valence-electron chi connectivity index (χ1n) is 12.8. The highest BCUT2D eigenvalue weighted by Crippen LogP contribution is 2.42. The van der Waals surface area contributed by atoms with E-state index in [1.54, 1.807) is 0 Å². The summed E-state index contributed by atoms with van der Waals surface area (Å²) in [5.41, 5.74) is 4.95. The van der Waals surface area contributed by atoms with Crippen LogP contribution < -0.4 is 4.74 Å². The first-order chi connectivity index (χ1) is 19.3. The summed E-state index contributed by atoms with van der Waals surface area (Å²) in [4.78, 5) is 8.91. The van der Waals surface area contributed by atoms with Crippen LogP contribution in [-0.2, 0) is 0 Å². The van der Waals surface area contributed by atoms with Crippen LogP contribution in [0.4, 0.5) is 0 Å². The van der Waals surface area contributed by atoms with Gasteiger partial charge in [-0.25, -0.2) is 4.98 Å². The minimum atomic E-state index is 0.758. The first kappa shape index (κ1) is 23.3. The van der Waals surface area contributed by atoms with Crippen molar-refractivity contribution in [1.29, 1.82) is 0 Å². The van der Waals surface area contributed by atoms with Crippen molar-refractivity contribution in [3.8, 4) is 45.4 Å². The van der Waals surface area contributed by atoms with Crippen LogP contribution in [0.3, 0.4) is 0 Å². The molecule has 3 nitrogen and oxygen atoms in total. The molecule has 0 atom stereocenters. The lowest BCUT2D eigenvalue weighted by atomic mass is 9.96. The second kappa shape index (κ2) is 9.79. The smallest absolute Gasteiger partial charge is 0.139 e. The van der Waals surface area contributed by atoms with E-state index in [4.69, 9.17) is 21.3 Å². The van der Waals surface area contributed by atoms with E-state index < -0.39 is 0 Å². The van der Waals surface area contributed by atoms with Gasteiger partial charge in [-0.05, 0) is 47.2 Å². The van der Waals surface area contributed by atoms with E-state index in [0.717, 1.165) is 72.0 Å². The van der Waals surface area contributed by atoms with Crippen LogP contribution >= 0.6 is 11.6 Å². The standard InChI is InChI=1S/C35H23ClN2O/c36-32-29-17-9-7-15-27(29)31(28-16-8-10-18-30(28)32)35-37-33(23-11-3-1-4-12-23)34(38-35)24-19-21-26(22-20-24)39-25-13-5-2-6-14-25/h1-22H,(H,37,38). The first-order valence-corrected chi connectivity index (χ1v) is 13.2. The summed E-state index contributed by atoms with van der Waals surface area (Å²) >= 11 is 6.89. The van der Waals surface area contributed by atoms with Crippen molar-refractivity contribution in [2.75, 3.05) is 0 Å². The number of H-pyrrole nitrogens is 1. The van der Waals surface area contributed by atoms with Crippen molar-refractivity contribution in [2.24, 2.45) is 0 Å². The van der Waals surface area contributed by atoms with Gasteiger partial charge in [0.05, 0.1) is 16.4 Å². The Kier molecular flexibility index (Phi) is 5.84. The molecular formula is C35H23ClN2O. The molecular weight excluding hydrogens is 500 g/mol. The van der Waals surface area contributed by atoms with Gasteiger partial charge in [0.1, 0.15) is 17.3 Å². The monoisotopic (exact) mass is 522 g/mol. The number of nitrogens with zero attached hydrogens (tertiary/aromatic N) is 1. The minimum Gasteiger partial charge on any atom is -0.457 e. The quantitative estimate of drug-likeness (QED) is 0.228. The van der Waals surface area contributed by atoms with Crippen LogP contribution in [0.2, 0.25) is 5.02 Å². The van der Waals surface area contributed by atoms with Gasteiger partial charge in [-0.3, -0.25) is 0 Å². The van der Waals surface area contributed by atoms with Crippen LogP contribution in [0.5, 0.6) is 11.5 Å². The third-order valence-corrected chi connectivity index (χ3v) is 7.38. The lowest BCUT2D eigenvalue weighted by Crippen LogP contribution is -1.89. The molecule has 7 rings (SSSR count). The second-order valence-corrected chi connectivity index (χ2v) is 9.77. The molecule has 4 heteroatoms. The molecule has 0 unspecified atom stereocenters. The summed E-state index contributed by atoms with van der Waals surface area (Å²) in [6, 6.07) is 44.7. The predicted octanol–water partition coefficient (Wildman–Crippen LogP) is 10.2. The largest absolute Gasteiger partial charge is 0.457 e. The second-order valence-electron chi connectivity index (χ2n) is 9.39. The topological polar surface area (TPSA) is 37.9 Å². The molecule has 0 fully saturated rings. The van der Waals surface area contributed by atoms with Crippen molar-refractivity contribution >= 4 is 33.1 Å². The van der Waals surface area contributed by atoms with E-state index in [1.165, 1.54) is 0 Å². The number of benzene rings is 6. The average molecular weight is 523 g/mol. The molecule has 6 aromatic carbocycles. The highest BCUT2D eigenvalue weighted by molar-refractivity contribution is 6.42. The van der Waals surface area contributed by atoms with Crippen molar-refractivity contribution < 1.29 is 4.74 Å². The fraction of sp³-hybridized carbons (Fsp3) is 0. The van der Waals surface area contributed by atoms with E-state index in [1.807, 2.05) is 84.9 Å². The molecule has 0 spiro atoms. The normalized spacial score (nSPS) is 11.2. The molecule has 1 aromatic heterocycles. The summed E-state index contributed by atoms with van der Waals surface area (Å²) in [5, 5.41) is 4.90. The number of imidazole rings is 1. The Bertz CT molecular complexity index is 1870. The van der Waals surface area contributed by atoms with E-state index in [2.05, 4.69) is 53.5 Å². The molecule has 0 aliphatic carbocycles. The number of aromatic amines is 1. The van der Waals surface area contributed by atoms with Crippen LogP contribution in [0.1, 0.15) is 0 Å². The number of ether oxygens (including phenoxy) is 1. The summed E-state index contributed by atoms with van der Waals surface area (Å²) in [6.45, 7) is 0.